The number of carboxylic acid groups (broad SMARTS) is 1. The summed E-state index contributed by atoms with van der Waals surface area (Å²) in [4.78, 5) is 21.0. The monoisotopic (exact) mass is 257 g/mol. The molecule has 0 saturated carbocycles. The van der Waals surface area contributed by atoms with Crippen molar-refractivity contribution in [3.63, 3.8) is 0 Å². The predicted molar refractivity (Wildman–Crippen MR) is 52.9 cm³/mol. The molecule has 0 spiro atoms. The molecule has 0 unspecified atom stereocenters. The first-order chi connectivity index (χ1) is 8.31. The van der Waals surface area contributed by atoms with E-state index in [9.17, 15) is 22.8 Å². The maximum Gasteiger partial charge on any atom is 0.417 e. The number of alkyl halides is 3. The Labute approximate surface area is 99.3 Å². The predicted octanol–water partition coefficient (Wildman–Crippen LogP) is 2.02. The molecular weight excluding hydrogens is 251 g/mol. The summed E-state index contributed by atoms with van der Waals surface area (Å²) < 4.78 is 38.4. The van der Waals surface area contributed by atoms with Gasteiger partial charge in [0.1, 0.15) is 6.07 Å². The second-order valence-electron chi connectivity index (χ2n) is 3.36. The number of aliphatic carboxylic acids is 1. The molecule has 4 nitrogen and oxygen atoms in total. The molecule has 1 aromatic carbocycles. The average molecular weight is 257 g/mol. The van der Waals surface area contributed by atoms with E-state index in [4.69, 9.17) is 10.4 Å². The van der Waals surface area contributed by atoms with Crippen LogP contribution in [0.4, 0.5) is 13.2 Å². The lowest BCUT2D eigenvalue weighted by molar-refractivity contribution is -0.139. The van der Waals surface area contributed by atoms with Gasteiger partial charge in [-0.2, -0.15) is 18.4 Å². The second-order valence-corrected chi connectivity index (χ2v) is 3.36. The normalized spacial score (nSPS) is 10.8. The Kier molecular flexibility index (Phi) is 3.71. The van der Waals surface area contributed by atoms with Gasteiger partial charge in [-0.3, -0.25) is 9.59 Å². The molecule has 1 N–H and O–H groups in total. The van der Waals surface area contributed by atoms with E-state index < -0.39 is 40.8 Å². The number of carbonyl (C=O) groups is 2. The van der Waals surface area contributed by atoms with Gasteiger partial charge in [0.15, 0.2) is 6.29 Å². The number of aldehydes is 1. The number of hydrogen-bond donors (Lipinski definition) is 1. The molecule has 94 valence electrons. The number of benzene rings is 1. The van der Waals surface area contributed by atoms with Crippen molar-refractivity contribution in [2.75, 3.05) is 0 Å². The van der Waals surface area contributed by atoms with Crippen LogP contribution in [0.3, 0.4) is 0 Å². The zero-order chi connectivity index (χ0) is 13.9. The van der Waals surface area contributed by atoms with Gasteiger partial charge in [0, 0.05) is 5.56 Å². The van der Waals surface area contributed by atoms with E-state index in [1.54, 1.807) is 0 Å². The maximum atomic E-state index is 12.8. The van der Waals surface area contributed by atoms with Crippen molar-refractivity contribution in [1.82, 2.24) is 0 Å². The quantitative estimate of drug-likeness (QED) is 0.840. The molecule has 18 heavy (non-hydrogen) atoms. The van der Waals surface area contributed by atoms with Crippen LogP contribution in [0.2, 0.25) is 0 Å². The zero-order valence-electron chi connectivity index (χ0n) is 8.78. The van der Waals surface area contributed by atoms with E-state index in [0.29, 0.717) is 0 Å². The van der Waals surface area contributed by atoms with Gasteiger partial charge in [-0.25, -0.2) is 0 Å². The fourth-order valence-corrected chi connectivity index (χ4v) is 1.51. The number of nitrogens with zero attached hydrogens (tertiary/aromatic N) is 1. The summed E-state index contributed by atoms with van der Waals surface area (Å²) in [5.74, 6) is -1.46. The molecule has 0 amide bonds. The smallest absolute Gasteiger partial charge is 0.417 e. The zero-order valence-corrected chi connectivity index (χ0v) is 8.78. The molecule has 0 heterocycles. The minimum Gasteiger partial charge on any atom is -0.481 e. The van der Waals surface area contributed by atoms with Crippen LogP contribution in [-0.4, -0.2) is 17.4 Å². The topological polar surface area (TPSA) is 78.2 Å². The Hall–Kier alpha value is -2.36. The number of halogens is 3. The van der Waals surface area contributed by atoms with E-state index in [1.165, 1.54) is 6.07 Å². The molecule has 0 atom stereocenters. The Balaban J connectivity index is 3.61. The van der Waals surface area contributed by atoms with Crippen LogP contribution in [-0.2, 0) is 17.4 Å². The number of hydrogen-bond acceptors (Lipinski definition) is 3. The van der Waals surface area contributed by atoms with Crippen molar-refractivity contribution >= 4 is 12.3 Å². The lowest BCUT2D eigenvalue weighted by Gasteiger charge is -2.14. The molecule has 0 fully saturated rings. The first kappa shape index (κ1) is 13.7. The van der Waals surface area contributed by atoms with Gasteiger partial charge in [0.05, 0.1) is 17.5 Å². The van der Waals surface area contributed by atoms with Crippen LogP contribution in [0.5, 0.6) is 0 Å². The third kappa shape index (κ3) is 2.66. The minimum absolute atomic E-state index is 0.123. The summed E-state index contributed by atoms with van der Waals surface area (Å²) in [7, 11) is 0. The fraction of sp³-hybridized carbons (Fsp3) is 0.182. The second kappa shape index (κ2) is 4.87. The molecule has 0 radical (unpaired) electrons. The number of nitriles is 1. The van der Waals surface area contributed by atoms with Gasteiger partial charge in [0.25, 0.3) is 0 Å². The summed E-state index contributed by atoms with van der Waals surface area (Å²) in [6.07, 6.45) is -5.64. The molecule has 1 aromatic rings. The highest BCUT2D eigenvalue weighted by Crippen LogP contribution is 2.35. The Morgan fingerprint density at radius 1 is 1.44 bits per heavy atom. The molecule has 0 saturated heterocycles. The fourth-order valence-electron chi connectivity index (χ4n) is 1.51. The summed E-state index contributed by atoms with van der Waals surface area (Å²) >= 11 is 0. The van der Waals surface area contributed by atoms with Gasteiger partial charge in [-0.15, -0.1) is 0 Å². The highest BCUT2D eigenvalue weighted by Gasteiger charge is 2.37. The van der Waals surface area contributed by atoms with Gasteiger partial charge in [0.2, 0.25) is 0 Å². The van der Waals surface area contributed by atoms with Crippen LogP contribution in [0.1, 0.15) is 27.0 Å². The van der Waals surface area contributed by atoms with E-state index in [1.807, 2.05) is 0 Å². The minimum atomic E-state index is -4.89. The number of rotatable bonds is 3. The highest BCUT2D eigenvalue weighted by atomic mass is 19.4. The number of carboxylic acids is 1. The van der Waals surface area contributed by atoms with Crippen LogP contribution < -0.4 is 0 Å². The molecule has 0 bridgehead atoms. The Bertz CT molecular complexity index is 544. The lowest BCUT2D eigenvalue weighted by Crippen LogP contribution is -2.16. The van der Waals surface area contributed by atoms with Crippen molar-refractivity contribution in [2.45, 2.75) is 12.6 Å². The Morgan fingerprint density at radius 2 is 2.06 bits per heavy atom. The largest absolute Gasteiger partial charge is 0.481 e. The summed E-state index contributed by atoms with van der Waals surface area (Å²) in [6, 6.07) is 3.18. The summed E-state index contributed by atoms with van der Waals surface area (Å²) in [6.45, 7) is 0. The third-order valence-corrected chi connectivity index (χ3v) is 2.19. The first-order valence-electron chi connectivity index (χ1n) is 4.61. The molecule has 0 aliphatic rings. The molecule has 1 rings (SSSR count). The Morgan fingerprint density at radius 3 is 2.44 bits per heavy atom. The molecular formula is C11H6F3NO3. The summed E-state index contributed by atoms with van der Waals surface area (Å²) in [5, 5.41) is 17.2. The van der Waals surface area contributed by atoms with Crippen LogP contribution >= 0.6 is 0 Å². The third-order valence-electron chi connectivity index (χ3n) is 2.19. The van der Waals surface area contributed by atoms with Crippen molar-refractivity contribution in [3.8, 4) is 6.07 Å². The van der Waals surface area contributed by atoms with E-state index >= 15 is 0 Å². The van der Waals surface area contributed by atoms with E-state index in [-0.39, 0.29) is 6.29 Å². The first-order valence-corrected chi connectivity index (χ1v) is 4.61. The van der Waals surface area contributed by atoms with Gasteiger partial charge in [-0.05, 0) is 5.56 Å². The van der Waals surface area contributed by atoms with Crippen LogP contribution in [0, 0.1) is 11.3 Å². The van der Waals surface area contributed by atoms with Gasteiger partial charge >= 0.3 is 12.1 Å². The van der Waals surface area contributed by atoms with Crippen LogP contribution in [0.25, 0.3) is 0 Å². The van der Waals surface area contributed by atoms with Crippen LogP contribution in [0.15, 0.2) is 12.1 Å². The highest BCUT2D eigenvalue weighted by molar-refractivity contribution is 5.81. The van der Waals surface area contributed by atoms with E-state index in [2.05, 4.69) is 0 Å². The molecule has 0 aliphatic carbocycles. The van der Waals surface area contributed by atoms with Crippen molar-refractivity contribution in [2.24, 2.45) is 0 Å². The van der Waals surface area contributed by atoms with Crippen molar-refractivity contribution < 1.29 is 27.9 Å². The molecule has 0 aliphatic heterocycles. The number of carbonyl (C=O) groups excluding carboxylic acids is 1. The average Bonchev–Trinajstić information content (AvgIpc) is 2.25. The van der Waals surface area contributed by atoms with Gasteiger partial charge in [-0.1, -0.05) is 12.1 Å². The lowest BCUT2D eigenvalue weighted by atomic mass is 9.95. The van der Waals surface area contributed by atoms with E-state index in [0.717, 1.165) is 12.1 Å². The molecule has 0 aromatic heterocycles. The van der Waals surface area contributed by atoms with Crippen molar-refractivity contribution in [3.05, 3.63) is 34.4 Å². The van der Waals surface area contributed by atoms with Gasteiger partial charge < -0.3 is 5.11 Å². The standard InChI is InChI=1S/C11H6F3NO3/c12-11(13,14)10-6(3-9(17)18)1-2-7(5-16)8(10)4-15/h1-2,5H,3H2,(H,17,18). The molecule has 7 heteroatoms. The maximum absolute atomic E-state index is 12.8. The SMILES string of the molecule is N#Cc1c(C=O)ccc(CC(=O)O)c1C(F)(F)F. The summed E-state index contributed by atoms with van der Waals surface area (Å²) in [5.41, 5.74) is -3.18. The van der Waals surface area contributed by atoms with Crippen molar-refractivity contribution in [1.29, 1.82) is 5.26 Å².